The van der Waals surface area contributed by atoms with Crippen LogP contribution in [-0.2, 0) is 32.4 Å². The zero-order valence-electron chi connectivity index (χ0n) is 18.6. The van der Waals surface area contributed by atoms with Crippen LogP contribution in [0.3, 0.4) is 0 Å². The first-order valence-electron chi connectivity index (χ1n) is 11.1. The lowest BCUT2D eigenvalue weighted by atomic mass is 9.98. The molecule has 2 aromatic rings. The van der Waals surface area contributed by atoms with Gasteiger partial charge in [0.1, 0.15) is 0 Å². The molecular weight excluding hydrogens is 426 g/mol. The molecule has 0 saturated carbocycles. The van der Waals surface area contributed by atoms with Gasteiger partial charge in [0.05, 0.1) is 10.8 Å². The van der Waals surface area contributed by atoms with Crippen molar-refractivity contribution in [3.05, 3.63) is 64.2 Å². The highest BCUT2D eigenvalue weighted by Gasteiger charge is 2.33. The average molecular weight is 456 g/mol. The van der Waals surface area contributed by atoms with Gasteiger partial charge >= 0.3 is 5.97 Å². The van der Waals surface area contributed by atoms with E-state index in [4.69, 9.17) is 4.74 Å². The predicted octanol–water partition coefficient (Wildman–Crippen LogP) is 3.62. The molecule has 0 N–H and O–H groups in total. The van der Waals surface area contributed by atoms with Gasteiger partial charge in [-0.3, -0.25) is 9.59 Å². The standard InChI is InChI=1S/C25H29NO5S/c1-17-6-9-23(14-18(17)2)32(29,30)26-12-10-20(11-13-26)25(28)31-16-24(27)22-8-7-19-4-3-5-21(19)15-22/h6-9,14-15,20H,3-5,10-13,16H2,1-2H3. The summed E-state index contributed by atoms with van der Waals surface area (Å²) >= 11 is 0. The molecule has 0 bridgehead atoms. The Morgan fingerprint density at radius 3 is 2.41 bits per heavy atom. The minimum Gasteiger partial charge on any atom is -0.457 e. The normalized spacial score (nSPS) is 17.2. The third kappa shape index (κ3) is 4.64. The maximum Gasteiger partial charge on any atom is 0.309 e. The van der Waals surface area contributed by atoms with Crippen molar-refractivity contribution in [2.75, 3.05) is 19.7 Å². The number of nitrogens with zero attached hydrogens (tertiary/aromatic N) is 1. The Hall–Kier alpha value is -2.51. The van der Waals surface area contributed by atoms with E-state index in [1.165, 1.54) is 15.4 Å². The first-order chi connectivity index (χ1) is 15.3. The number of hydrogen-bond donors (Lipinski definition) is 0. The highest BCUT2D eigenvalue weighted by atomic mass is 32.2. The Kier molecular flexibility index (Phi) is 6.49. The van der Waals surface area contributed by atoms with Gasteiger partial charge in [0.2, 0.25) is 10.0 Å². The van der Waals surface area contributed by atoms with Gasteiger partial charge in [-0.1, -0.05) is 18.2 Å². The van der Waals surface area contributed by atoms with Crippen LogP contribution in [0.25, 0.3) is 0 Å². The first kappa shape index (κ1) is 22.7. The zero-order valence-corrected chi connectivity index (χ0v) is 19.4. The lowest BCUT2D eigenvalue weighted by Gasteiger charge is -2.30. The van der Waals surface area contributed by atoms with Crippen molar-refractivity contribution in [3.63, 3.8) is 0 Å². The summed E-state index contributed by atoms with van der Waals surface area (Å²) in [5, 5.41) is 0. The molecule has 0 amide bonds. The minimum atomic E-state index is -3.59. The fraction of sp³-hybridized carbons (Fsp3) is 0.440. The van der Waals surface area contributed by atoms with Crippen LogP contribution in [0.5, 0.6) is 0 Å². The maximum absolute atomic E-state index is 12.9. The van der Waals surface area contributed by atoms with E-state index in [0.29, 0.717) is 18.4 Å². The topological polar surface area (TPSA) is 80.8 Å². The molecule has 32 heavy (non-hydrogen) atoms. The summed E-state index contributed by atoms with van der Waals surface area (Å²) in [7, 11) is -3.59. The minimum absolute atomic E-state index is 0.206. The van der Waals surface area contributed by atoms with E-state index >= 15 is 0 Å². The SMILES string of the molecule is Cc1ccc(S(=O)(=O)N2CCC(C(=O)OCC(=O)c3ccc4c(c3)CCC4)CC2)cc1C. The van der Waals surface area contributed by atoms with E-state index in [1.54, 1.807) is 18.2 Å². The summed E-state index contributed by atoms with van der Waals surface area (Å²) in [5.74, 6) is -1.03. The van der Waals surface area contributed by atoms with Gasteiger partial charge in [-0.25, -0.2) is 8.42 Å². The number of fused-ring (bicyclic) bond motifs is 1. The number of sulfonamides is 1. The quantitative estimate of drug-likeness (QED) is 0.491. The zero-order chi connectivity index (χ0) is 22.9. The number of carbonyl (C=O) groups excluding carboxylic acids is 2. The van der Waals surface area contributed by atoms with Crippen molar-refractivity contribution in [1.82, 2.24) is 4.31 Å². The third-order valence-electron chi connectivity index (χ3n) is 6.67. The number of carbonyl (C=O) groups is 2. The van der Waals surface area contributed by atoms with Gasteiger partial charge in [0, 0.05) is 18.7 Å². The third-order valence-corrected chi connectivity index (χ3v) is 8.56. The molecule has 1 heterocycles. The van der Waals surface area contributed by atoms with Gasteiger partial charge in [-0.15, -0.1) is 0 Å². The summed E-state index contributed by atoms with van der Waals surface area (Å²) in [5.41, 5.74) is 5.05. The molecule has 0 radical (unpaired) electrons. The molecule has 4 rings (SSSR count). The Morgan fingerprint density at radius 1 is 0.969 bits per heavy atom. The smallest absolute Gasteiger partial charge is 0.309 e. The maximum atomic E-state index is 12.9. The van der Waals surface area contributed by atoms with Crippen molar-refractivity contribution < 1.29 is 22.7 Å². The first-order valence-corrected chi connectivity index (χ1v) is 12.6. The molecular formula is C25H29NO5S. The summed E-state index contributed by atoms with van der Waals surface area (Å²) in [6.07, 6.45) is 3.92. The van der Waals surface area contributed by atoms with Crippen LogP contribution < -0.4 is 0 Å². The van der Waals surface area contributed by atoms with Crippen molar-refractivity contribution in [2.45, 2.75) is 50.8 Å². The largest absolute Gasteiger partial charge is 0.457 e. The number of Topliss-reactive ketones (excluding diaryl/α,β-unsaturated/α-hetero) is 1. The summed E-state index contributed by atoms with van der Waals surface area (Å²) < 4.78 is 32.6. The second-order valence-corrected chi connectivity index (χ2v) is 10.7. The Morgan fingerprint density at radius 2 is 1.69 bits per heavy atom. The summed E-state index contributed by atoms with van der Waals surface area (Å²) in [6.45, 7) is 4.07. The van der Waals surface area contributed by atoms with Crippen LogP contribution in [0.4, 0.5) is 0 Å². The second kappa shape index (κ2) is 9.16. The van der Waals surface area contributed by atoms with Gasteiger partial charge in [-0.05, 0) is 86.4 Å². The molecule has 6 nitrogen and oxygen atoms in total. The number of aryl methyl sites for hydroxylation is 4. The number of hydrogen-bond acceptors (Lipinski definition) is 5. The van der Waals surface area contributed by atoms with Crippen molar-refractivity contribution in [1.29, 1.82) is 0 Å². The average Bonchev–Trinajstić information content (AvgIpc) is 3.27. The van der Waals surface area contributed by atoms with Gasteiger partial charge in [-0.2, -0.15) is 4.31 Å². The van der Waals surface area contributed by atoms with Crippen molar-refractivity contribution in [2.24, 2.45) is 5.92 Å². The van der Waals surface area contributed by atoms with Gasteiger partial charge < -0.3 is 4.74 Å². The Bertz CT molecular complexity index is 1150. The van der Waals surface area contributed by atoms with Crippen LogP contribution in [0.2, 0.25) is 0 Å². The number of benzene rings is 2. The van der Waals surface area contributed by atoms with Gasteiger partial charge in [0.25, 0.3) is 0 Å². The highest BCUT2D eigenvalue weighted by molar-refractivity contribution is 7.89. The van der Waals surface area contributed by atoms with Crippen molar-refractivity contribution >= 4 is 21.8 Å². The second-order valence-electron chi connectivity index (χ2n) is 8.79. The summed E-state index contributed by atoms with van der Waals surface area (Å²) in [6, 6.07) is 10.8. The van der Waals surface area contributed by atoms with E-state index in [0.717, 1.165) is 30.4 Å². The molecule has 2 aliphatic rings. The van der Waals surface area contributed by atoms with E-state index in [1.807, 2.05) is 32.0 Å². The predicted molar refractivity (Wildman–Crippen MR) is 121 cm³/mol. The van der Waals surface area contributed by atoms with Crippen LogP contribution >= 0.6 is 0 Å². The highest BCUT2D eigenvalue weighted by Crippen LogP contribution is 2.26. The van der Waals surface area contributed by atoms with E-state index in [-0.39, 0.29) is 30.4 Å². The fourth-order valence-electron chi connectivity index (χ4n) is 4.44. The number of esters is 1. The van der Waals surface area contributed by atoms with E-state index in [9.17, 15) is 18.0 Å². The molecule has 7 heteroatoms. The monoisotopic (exact) mass is 455 g/mol. The molecule has 0 aromatic heterocycles. The molecule has 170 valence electrons. The molecule has 0 spiro atoms. The number of ether oxygens (including phenoxy) is 1. The van der Waals surface area contributed by atoms with Crippen LogP contribution in [0, 0.1) is 19.8 Å². The van der Waals surface area contributed by atoms with Crippen LogP contribution in [0.15, 0.2) is 41.3 Å². The molecule has 2 aromatic carbocycles. The number of rotatable bonds is 6. The summed E-state index contributed by atoms with van der Waals surface area (Å²) in [4.78, 5) is 25.2. The lowest BCUT2D eigenvalue weighted by molar-refractivity contribution is -0.148. The Labute approximate surface area is 189 Å². The lowest BCUT2D eigenvalue weighted by Crippen LogP contribution is -2.40. The molecule has 1 aliphatic carbocycles. The molecule has 1 aliphatic heterocycles. The fourth-order valence-corrected chi connectivity index (χ4v) is 5.99. The van der Waals surface area contributed by atoms with E-state index < -0.39 is 21.9 Å². The number of ketones is 1. The molecule has 1 saturated heterocycles. The van der Waals surface area contributed by atoms with Gasteiger partial charge in [0.15, 0.2) is 12.4 Å². The Balaban J connectivity index is 1.30. The number of piperidine rings is 1. The van der Waals surface area contributed by atoms with Crippen LogP contribution in [0.1, 0.15) is 51.9 Å². The molecule has 0 unspecified atom stereocenters. The van der Waals surface area contributed by atoms with Crippen LogP contribution in [-0.4, -0.2) is 44.2 Å². The van der Waals surface area contributed by atoms with E-state index in [2.05, 4.69) is 0 Å². The molecule has 1 fully saturated rings. The molecule has 0 atom stereocenters. The van der Waals surface area contributed by atoms with Crippen molar-refractivity contribution in [3.8, 4) is 0 Å².